The molecule has 3 N–H and O–H groups in total. The largest absolute Gasteiger partial charge is 0.490 e. The molecule has 3 aliphatic heterocycles. The number of halogens is 9. The third-order valence-corrected chi connectivity index (χ3v) is 6.22. The Morgan fingerprint density at radius 1 is 0.783 bits per heavy atom. The Kier molecular flexibility index (Phi) is 16.1. The number of pyridine rings is 1. The Bertz CT molecular complexity index is 1030. The summed E-state index contributed by atoms with van der Waals surface area (Å²) in [5, 5.41) is 21.4. The molecule has 2 unspecified atom stereocenters. The minimum absolute atomic E-state index is 0.138. The fourth-order valence-corrected chi connectivity index (χ4v) is 4.18. The average molecular weight is 690 g/mol. The topological polar surface area (TPSA) is 159 Å². The quantitative estimate of drug-likeness (QED) is 0.398. The number of morpholine rings is 1. The first kappa shape index (κ1) is 40.8. The maximum Gasteiger partial charge on any atom is 0.490 e. The second kappa shape index (κ2) is 18.2. The molecule has 3 fully saturated rings. The van der Waals surface area contributed by atoms with E-state index in [9.17, 15) is 39.5 Å². The van der Waals surface area contributed by atoms with Crippen molar-refractivity contribution < 1.29 is 83.4 Å². The molecule has 1 spiro atoms. The van der Waals surface area contributed by atoms with Crippen LogP contribution >= 0.6 is 0 Å². The van der Waals surface area contributed by atoms with E-state index < -0.39 is 36.4 Å². The molecule has 4 rings (SSSR count). The van der Waals surface area contributed by atoms with E-state index in [1.165, 1.54) is 5.56 Å². The standard InChI is InChI=1S/C19H29N3O3.3C2HF3O2/c1-4-19(25-18(1)14-21-7-10-23-11-8-21)15-22(9-12-24-16-19)13-17-2-5-20-6-3-17;3*3-2(4,5)1(6)7/h2-3,5-6,18H,1,4,7-16H2;3*(H,6,7). The van der Waals surface area contributed by atoms with Gasteiger partial charge >= 0.3 is 36.4 Å². The van der Waals surface area contributed by atoms with Crippen molar-refractivity contribution in [3.05, 3.63) is 30.1 Å². The zero-order valence-electron chi connectivity index (χ0n) is 23.9. The lowest BCUT2D eigenvalue weighted by Gasteiger charge is -2.33. The van der Waals surface area contributed by atoms with Crippen molar-refractivity contribution in [3.8, 4) is 0 Å². The molecule has 0 bridgehead atoms. The Balaban J connectivity index is 0.000000413. The van der Waals surface area contributed by atoms with Crippen LogP contribution in [-0.2, 0) is 35.1 Å². The predicted octanol–water partition coefficient (Wildman–Crippen LogP) is 3.06. The number of rotatable bonds is 4. The minimum Gasteiger partial charge on any atom is -0.475 e. The highest BCUT2D eigenvalue weighted by atomic mass is 19.4. The summed E-state index contributed by atoms with van der Waals surface area (Å²) < 4.78 is 113. The summed E-state index contributed by atoms with van der Waals surface area (Å²) in [6, 6.07) is 4.18. The summed E-state index contributed by atoms with van der Waals surface area (Å²) in [6.45, 7) is 9.12. The molecule has 0 aromatic carbocycles. The SMILES string of the molecule is O=C(O)C(F)(F)F.O=C(O)C(F)(F)F.O=C(O)C(F)(F)F.c1cc(CN2CCOCC3(CCC(CN4CCOCC4)O3)C2)ccn1. The van der Waals surface area contributed by atoms with E-state index >= 15 is 0 Å². The van der Waals surface area contributed by atoms with Gasteiger partial charge in [0.15, 0.2) is 0 Å². The van der Waals surface area contributed by atoms with Gasteiger partial charge in [-0.2, -0.15) is 39.5 Å². The number of alkyl halides is 9. The molecule has 0 aliphatic carbocycles. The summed E-state index contributed by atoms with van der Waals surface area (Å²) in [4.78, 5) is 35.7. The van der Waals surface area contributed by atoms with Gasteiger partial charge in [0.1, 0.15) is 5.60 Å². The summed E-state index contributed by atoms with van der Waals surface area (Å²) in [5.74, 6) is -8.27. The molecule has 2 atom stereocenters. The number of aromatic nitrogens is 1. The Labute approximate surface area is 255 Å². The molecule has 21 heteroatoms. The number of nitrogens with zero attached hydrogens (tertiary/aromatic N) is 3. The molecule has 0 saturated carbocycles. The molecular weight excluding hydrogens is 657 g/mol. The van der Waals surface area contributed by atoms with Crippen LogP contribution in [0.5, 0.6) is 0 Å². The van der Waals surface area contributed by atoms with Crippen LogP contribution in [-0.4, -0.2) is 137 Å². The Morgan fingerprint density at radius 3 is 1.67 bits per heavy atom. The summed E-state index contributed by atoms with van der Waals surface area (Å²) >= 11 is 0. The number of ether oxygens (including phenoxy) is 3. The van der Waals surface area contributed by atoms with Crippen molar-refractivity contribution in [2.24, 2.45) is 0 Å². The molecular formula is C25H32F9N3O9. The van der Waals surface area contributed by atoms with Crippen LogP contribution in [0.25, 0.3) is 0 Å². The third-order valence-electron chi connectivity index (χ3n) is 6.22. The van der Waals surface area contributed by atoms with Gasteiger partial charge in [0.2, 0.25) is 0 Å². The van der Waals surface area contributed by atoms with Crippen LogP contribution in [0.4, 0.5) is 39.5 Å². The fourth-order valence-electron chi connectivity index (χ4n) is 4.18. The van der Waals surface area contributed by atoms with Crippen molar-refractivity contribution in [1.82, 2.24) is 14.8 Å². The fraction of sp³-hybridized carbons (Fsp3) is 0.680. The van der Waals surface area contributed by atoms with Crippen LogP contribution in [0.1, 0.15) is 18.4 Å². The van der Waals surface area contributed by atoms with Crippen LogP contribution in [0.2, 0.25) is 0 Å². The highest BCUT2D eigenvalue weighted by molar-refractivity contribution is 5.73. The van der Waals surface area contributed by atoms with E-state index in [2.05, 4.69) is 26.9 Å². The van der Waals surface area contributed by atoms with Gasteiger partial charge < -0.3 is 29.5 Å². The minimum atomic E-state index is -5.08. The normalized spacial score (nSPS) is 22.6. The van der Waals surface area contributed by atoms with Gasteiger partial charge in [-0.1, -0.05) is 0 Å². The Hall–Kier alpha value is -3.27. The van der Waals surface area contributed by atoms with Gasteiger partial charge in [-0.3, -0.25) is 14.8 Å². The summed E-state index contributed by atoms with van der Waals surface area (Å²) in [5.41, 5.74) is 1.16. The number of aliphatic carboxylic acids is 3. The highest BCUT2D eigenvalue weighted by Gasteiger charge is 2.43. The van der Waals surface area contributed by atoms with Gasteiger partial charge in [0, 0.05) is 51.7 Å². The van der Waals surface area contributed by atoms with Crippen LogP contribution in [0, 0.1) is 0 Å². The van der Waals surface area contributed by atoms with Crippen molar-refractivity contribution in [3.63, 3.8) is 0 Å². The van der Waals surface area contributed by atoms with Crippen molar-refractivity contribution in [2.75, 3.05) is 59.2 Å². The monoisotopic (exact) mass is 689 g/mol. The van der Waals surface area contributed by atoms with E-state index in [-0.39, 0.29) is 5.60 Å². The van der Waals surface area contributed by atoms with Gasteiger partial charge in [-0.15, -0.1) is 0 Å². The van der Waals surface area contributed by atoms with Gasteiger partial charge in [0.05, 0.1) is 32.5 Å². The maximum absolute atomic E-state index is 10.6. The molecule has 1 aromatic rings. The third kappa shape index (κ3) is 16.3. The molecule has 4 heterocycles. The molecule has 12 nitrogen and oxygen atoms in total. The molecule has 46 heavy (non-hydrogen) atoms. The number of hydrogen-bond acceptors (Lipinski definition) is 9. The van der Waals surface area contributed by atoms with Crippen molar-refractivity contribution >= 4 is 17.9 Å². The zero-order chi connectivity index (χ0) is 35.2. The first-order valence-electron chi connectivity index (χ1n) is 13.2. The molecule has 1 aromatic heterocycles. The first-order valence-corrected chi connectivity index (χ1v) is 13.2. The van der Waals surface area contributed by atoms with Gasteiger partial charge in [-0.05, 0) is 30.5 Å². The number of carbonyl (C=O) groups is 3. The van der Waals surface area contributed by atoms with Crippen LogP contribution < -0.4 is 0 Å². The molecule has 0 amide bonds. The van der Waals surface area contributed by atoms with E-state index in [4.69, 9.17) is 43.9 Å². The van der Waals surface area contributed by atoms with E-state index in [1.807, 2.05) is 12.4 Å². The zero-order valence-corrected chi connectivity index (χ0v) is 23.9. The van der Waals surface area contributed by atoms with Crippen LogP contribution in [0.3, 0.4) is 0 Å². The second-order valence-corrected chi connectivity index (χ2v) is 9.90. The maximum atomic E-state index is 10.6. The van der Waals surface area contributed by atoms with E-state index in [0.29, 0.717) is 6.10 Å². The van der Waals surface area contributed by atoms with E-state index in [0.717, 1.165) is 78.5 Å². The van der Waals surface area contributed by atoms with Crippen molar-refractivity contribution in [2.45, 2.75) is 49.6 Å². The molecule has 3 saturated heterocycles. The lowest BCUT2D eigenvalue weighted by Crippen LogP contribution is -2.46. The van der Waals surface area contributed by atoms with Crippen molar-refractivity contribution in [1.29, 1.82) is 0 Å². The molecule has 264 valence electrons. The van der Waals surface area contributed by atoms with Gasteiger partial charge in [-0.25, -0.2) is 14.4 Å². The van der Waals surface area contributed by atoms with E-state index in [1.54, 1.807) is 0 Å². The smallest absolute Gasteiger partial charge is 0.475 e. The molecule has 3 aliphatic rings. The summed E-state index contributed by atoms with van der Waals surface area (Å²) in [7, 11) is 0. The summed E-state index contributed by atoms with van der Waals surface area (Å²) in [6.07, 6.45) is -8.98. The molecule has 0 radical (unpaired) electrons. The highest BCUT2D eigenvalue weighted by Crippen LogP contribution is 2.34. The average Bonchev–Trinajstić information content (AvgIpc) is 3.22. The first-order chi connectivity index (χ1) is 21.1. The second-order valence-electron chi connectivity index (χ2n) is 9.90. The number of carboxylic acids is 3. The number of hydrogen-bond donors (Lipinski definition) is 3. The predicted molar refractivity (Wildman–Crippen MR) is 136 cm³/mol. The van der Waals surface area contributed by atoms with Crippen LogP contribution in [0.15, 0.2) is 24.5 Å². The number of carboxylic acid groups (broad SMARTS) is 3. The van der Waals surface area contributed by atoms with Gasteiger partial charge in [0.25, 0.3) is 0 Å². The lowest BCUT2D eigenvalue weighted by atomic mass is 10.00. The Morgan fingerprint density at radius 2 is 1.22 bits per heavy atom. The lowest BCUT2D eigenvalue weighted by molar-refractivity contribution is -0.193.